The minimum atomic E-state index is -3.31. The number of alkyl halides is 2. The summed E-state index contributed by atoms with van der Waals surface area (Å²) in [5.74, 6) is -2.77. The van der Waals surface area contributed by atoms with E-state index in [2.05, 4.69) is 9.72 Å². The van der Waals surface area contributed by atoms with Crippen LogP contribution in [0.15, 0.2) is 6.20 Å². The molecule has 0 saturated carbocycles. The topological polar surface area (TPSA) is 82.3 Å². The molecule has 1 aromatic rings. The summed E-state index contributed by atoms with van der Waals surface area (Å²) < 4.78 is 42.7. The van der Waals surface area contributed by atoms with E-state index in [0.29, 0.717) is 6.20 Å². The number of nitrogens with zero attached hydrogens (tertiary/aromatic N) is 2. The van der Waals surface area contributed by atoms with E-state index in [1.807, 2.05) is 0 Å². The molecule has 0 fully saturated rings. The number of carbonyl (C=O) groups is 1. The Balaban J connectivity index is 3.51. The maximum atomic E-state index is 13.3. The summed E-state index contributed by atoms with van der Waals surface area (Å²) in [4.78, 5) is 23.6. The standard InChI is InChI=1S/C9H7F3N2O4/c1-2-18-9(15)5-4(10)3-13-6(8(11)12)7(5)14(16)17/h3,8H,2H2,1H3. The maximum absolute atomic E-state index is 13.3. The molecule has 98 valence electrons. The van der Waals surface area contributed by atoms with Gasteiger partial charge in [-0.3, -0.25) is 10.1 Å². The minimum Gasteiger partial charge on any atom is -0.462 e. The van der Waals surface area contributed by atoms with Crippen LogP contribution in [0, 0.1) is 15.9 Å². The Morgan fingerprint density at radius 1 is 1.61 bits per heavy atom. The molecule has 0 amide bonds. The molecule has 1 heterocycles. The Hall–Kier alpha value is -2.19. The van der Waals surface area contributed by atoms with Crippen LogP contribution < -0.4 is 0 Å². The van der Waals surface area contributed by atoms with Gasteiger partial charge in [-0.05, 0) is 6.92 Å². The third-order valence-corrected chi connectivity index (χ3v) is 1.90. The van der Waals surface area contributed by atoms with Gasteiger partial charge in [0, 0.05) is 0 Å². The molecule has 0 bridgehead atoms. The van der Waals surface area contributed by atoms with Crippen LogP contribution >= 0.6 is 0 Å². The second-order valence-corrected chi connectivity index (χ2v) is 2.99. The minimum absolute atomic E-state index is 0.179. The normalized spacial score (nSPS) is 10.5. The summed E-state index contributed by atoms with van der Waals surface area (Å²) in [6.45, 7) is 1.21. The number of halogens is 3. The number of rotatable bonds is 4. The Morgan fingerprint density at radius 2 is 2.22 bits per heavy atom. The average Bonchev–Trinajstić information content (AvgIpc) is 2.27. The Labute approximate surface area is 98.5 Å². The molecule has 1 rings (SSSR count). The van der Waals surface area contributed by atoms with Gasteiger partial charge in [-0.1, -0.05) is 0 Å². The molecule has 0 N–H and O–H groups in total. The molecule has 0 radical (unpaired) electrons. The molecule has 0 aliphatic rings. The molecular weight excluding hydrogens is 257 g/mol. The molecule has 0 atom stereocenters. The van der Waals surface area contributed by atoms with Crippen LogP contribution in [0.4, 0.5) is 18.9 Å². The van der Waals surface area contributed by atoms with Gasteiger partial charge in [0.05, 0.1) is 17.7 Å². The first-order valence-corrected chi connectivity index (χ1v) is 4.68. The first kappa shape index (κ1) is 13.9. The van der Waals surface area contributed by atoms with Crippen molar-refractivity contribution in [1.29, 1.82) is 0 Å². The average molecular weight is 264 g/mol. The number of hydrogen-bond acceptors (Lipinski definition) is 5. The van der Waals surface area contributed by atoms with E-state index in [1.54, 1.807) is 0 Å². The maximum Gasteiger partial charge on any atom is 0.348 e. The van der Waals surface area contributed by atoms with Gasteiger partial charge < -0.3 is 4.74 Å². The molecule has 1 aromatic heterocycles. The predicted octanol–water partition coefficient (Wildman–Crippen LogP) is 2.24. The molecule has 9 heteroatoms. The number of nitro groups is 1. The highest BCUT2D eigenvalue weighted by Gasteiger charge is 2.34. The summed E-state index contributed by atoms with van der Waals surface area (Å²) in [6.07, 6.45) is -2.99. The van der Waals surface area contributed by atoms with Gasteiger partial charge >= 0.3 is 11.7 Å². The highest BCUT2D eigenvalue weighted by molar-refractivity contribution is 5.94. The first-order valence-electron chi connectivity index (χ1n) is 4.68. The van der Waals surface area contributed by atoms with E-state index in [-0.39, 0.29) is 6.61 Å². The van der Waals surface area contributed by atoms with Crippen molar-refractivity contribution in [3.63, 3.8) is 0 Å². The van der Waals surface area contributed by atoms with E-state index < -0.39 is 40.1 Å². The fourth-order valence-corrected chi connectivity index (χ4v) is 1.24. The van der Waals surface area contributed by atoms with Crippen molar-refractivity contribution in [3.8, 4) is 0 Å². The number of aromatic nitrogens is 1. The highest BCUT2D eigenvalue weighted by atomic mass is 19.3. The molecule has 0 aliphatic carbocycles. The second kappa shape index (κ2) is 5.43. The van der Waals surface area contributed by atoms with E-state index >= 15 is 0 Å². The second-order valence-electron chi connectivity index (χ2n) is 2.99. The monoisotopic (exact) mass is 264 g/mol. The summed E-state index contributed by atoms with van der Waals surface area (Å²) in [5, 5.41) is 10.7. The van der Waals surface area contributed by atoms with Gasteiger partial charge in [0.25, 0.3) is 6.43 Å². The van der Waals surface area contributed by atoms with E-state index in [1.165, 1.54) is 6.92 Å². The van der Waals surface area contributed by atoms with Crippen molar-refractivity contribution in [2.24, 2.45) is 0 Å². The lowest BCUT2D eigenvalue weighted by Gasteiger charge is -2.07. The van der Waals surface area contributed by atoms with Crippen LogP contribution in [0.3, 0.4) is 0 Å². The molecule has 0 spiro atoms. The van der Waals surface area contributed by atoms with Gasteiger partial charge in [0.1, 0.15) is 0 Å². The predicted molar refractivity (Wildman–Crippen MR) is 51.8 cm³/mol. The number of pyridine rings is 1. The summed E-state index contributed by atoms with van der Waals surface area (Å²) >= 11 is 0. The fourth-order valence-electron chi connectivity index (χ4n) is 1.24. The number of hydrogen-bond donors (Lipinski definition) is 0. The lowest BCUT2D eigenvalue weighted by Crippen LogP contribution is -2.13. The molecule has 6 nitrogen and oxygen atoms in total. The number of esters is 1. The number of carbonyl (C=O) groups excluding carboxylic acids is 1. The molecule has 0 saturated heterocycles. The van der Waals surface area contributed by atoms with Crippen molar-refractivity contribution < 1.29 is 27.6 Å². The van der Waals surface area contributed by atoms with Crippen LogP contribution in [-0.4, -0.2) is 22.5 Å². The van der Waals surface area contributed by atoms with E-state index in [0.717, 1.165) is 0 Å². The zero-order valence-corrected chi connectivity index (χ0v) is 9.02. The molecule has 0 unspecified atom stereocenters. The Morgan fingerprint density at radius 3 is 2.67 bits per heavy atom. The zero-order valence-electron chi connectivity index (χ0n) is 9.02. The summed E-state index contributed by atoms with van der Waals surface area (Å²) in [5.41, 5.74) is -3.79. The van der Waals surface area contributed by atoms with Crippen molar-refractivity contribution in [1.82, 2.24) is 4.98 Å². The van der Waals surface area contributed by atoms with Crippen LogP contribution in [0.25, 0.3) is 0 Å². The number of ether oxygens (including phenoxy) is 1. The quantitative estimate of drug-likeness (QED) is 0.473. The van der Waals surface area contributed by atoms with Crippen LogP contribution in [-0.2, 0) is 4.74 Å². The van der Waals surface area contributed by atoms with Crippen molar-refractivity contribution in [2.45, 2.75) is 13.3 Å². The third kappa shape index (κ3) is 2.55. The molecule has 0 aromatic carbocycles. The summed E-state index contributed by atoms with van der Waals surface area (Å²) in [7, 11) is 0. The van der Waals surface area contributed by atoms with Gasteiger partial charge in [0.2, 0.25) is 0 Å². The largest absolute Gasteiger partial charge is 0.462 e. The van der Waals surface area contributed by atoms with Gasteiger partial charge in [-0.25, -0.2) is 22.9 Å². The summed E-state index contributed by atoms with van der Waals surface area (Å²) in [6, 6.07) is 0. The van der Waals surface area contributed by atoms with Gasteiger partial charge in [-0.2, -0.15) is 0 Å². The zero-order chi connectivity index (χ0) is 13.9. The fraction of sp³-hybridized carbons (Fsp3) is 0.333. The van der Waals surface area contributed by atoms with Crippen molar-refractivity contribution >= 4 is 11.7 Å². The Bertz CT molecular complexity index is 493. The van der Waals surface area contributed by atoms with E-state index in [9.17, 15) is 28.1 Å². The van der Waals surface area contributed by atoms with Crippen molar-refractivity contribution in [3.05, 3.63) is 33.4 Å². The third-order valence-electron chi connectivity index (χ3n) is 1.90. The lowest BCUT2D eigenvalue weighted by molar-refractivity contribution is -0.387. The lowest BCUT2D eigenvalue weighted by atomic mass is 10.1. The van der Waals surface area contributed by atoms with Gasteiger partial charge in [-0.15, -0.1) is 0 Å². The molecular formula is C9H7F3N2O4. The van der Waals surface area contributed by atoms with Crippen LogP contribution in [0.1, 0.15) is 29.4 Å². The van der Waals surface area contributed by atoms with E-state index in [4.69, 9.17) is 0 Å². The SMILES string of the molecule is CCOC(=O)c1c(F)cnc(C(F)F)c1[N+](=O)[O-]. The Kier molecular flexibility index (Phi) is 4.18. The molecule has 18 heavy (non-hydrogen) atoms. The van der Waals surface area contributed by atoms with Crippen molar-refractivity contribution in [2.75, 3.05) is 6.61 Å². The molecule has 0 aliphatic heterocycles. The first-order chi connectivity index (χ1) is 8.40. The van der Waals surface area contributed by atoms with Crippen LogP contribution in [0.5, 0.6) is 0 Å². The van der Waals surface area contributed by atoms with Gasteiger partial charge in [0.15, 0.2) is 17.1 Å². The van der Waals surface area contributed by atoms with Crippen LogP contribution in [0.2, 0.25) is 0 Å². The highest BCUT2D eigenvalue weighted by Crippen LogP contribution is 2.31. The smallest absolute Gasteiger partial charge is 0.348 e.